The number of aliphatic carboxylic acids is 1. The highest BCUT2D eigenvalue weighted by Gasteiger charge is 2.34. The Labute approximate surface area is 107 Å². The van der Waals surface area contributed by atoms with Crippen LogP contribution in [0.15, 0.2) is 0 Å². The molecule has 0 bridgehead atoms. The van der Waals surface area contributed by atoms with Crippen LogP contribution >= 0.6 is 0 Å². The maximum Gasteiger partial charge on any atom is 0.317 e. The summed E-state index contributed by atoms with van der Waals surface area (Å²) in [5, 5.41) is 11.7. The molecule has 1 unspecified atom stereocenters. The molecule has 1 aliphatic carbocycles. The molecule has 2 fully saturated rings. The Morgan fingerprint density at radius 3 is 2.39 bits per heavy atom. The molecule has 1 saturated heterocycles. The van der Waals surface area contributed by atoms with Crippen molar-refractivity contribution >= 4 is 12.0 Å². The molecule has 2 N–H and O–H groups in total. The second-order valence-electron chi connectivity index (χ2n) is 5.28. The van der Waals surface area contributed by atoms with Gasteiger partial charge in [0.25, 0.3) is 0 Å². The molecule has 1 aliphatic heterocycles. The fraction of sp³-hybridized carbons (Fsp3) is 0.833. The van der Waals surface area contributed by atoms with E-state index in [1.54, 1.807) is 4.90 Å². The van der Waals surface area contributed by atoms with Gasteiger partial charge in [0, 0.05) is 32.2 Å². The molecule has 102 valence electrons. The van der Waals surface area contributed by atoms with Crippen molar-refractivity contribution in [2.45, 2.75) is 25.3 Å². The molecule has 6 nitrogen and oxygen atoms in total. The maximum absolute atomic E-state index is 12.0. The van der Waals surface area contributed by atoms with Gasteiger partial charge in [-0.3, -0.25) is 4.79 Å². The summed E-state index contributed by atoms with van der Waals surface area (Å²) in [5.74, 6) is -0.483. The zero-order valence-corrected chi connectivity index (χ0v) is 10.8. The normalized spacial score (nSPS) is 22.6. The van der Waals surface area contributed by atoms with Gasteiger partial charge in [0.15, 0.2) is 0 Å². The SMILES string of the molecule is CN1CCN(C(=O)NC(CC(=O)O)C2CC2)CC1. The summed E-state index contributed by atoms with van der Waals surface area (Å²) in [6.07, 6.45) is 2.09. The number of hydrogen-bond acceptors (Lipinski definition) is 3. The van der Waals surface area contributed by atoms with Crippen molar-refractivity contribution in [3.63, 3.8) is 0 Å². The lowest BCUT2D eigenvalue weighted by Crippen LogP contribution is -2.53. The van der Waals surface area contributed by atoms with E-state index in [-0.39, 0.29) is 18.5 Å². The van der Waals surface area contributed by atoms with E-state index in [9.17, 15) is 9.59 Å². The summed E-state index contributed by atoms with van der Waals surface area (Å²) >= 11 is 0. The first kappa shape index (κ1) is 13.1. The van der Waals surface area contributed by atoms with Crippen LogP contribution in [0, 0.1) is 5.92 Å². The highest BCUT2D eigenvalue weighted by molar-refractivity contribution is 5.76. The maximum atomic E-state index is 12.0. The Bertz CT molecular complexity index is 323. The number of nitrogens with one attached hydrogen (secondary N) is 1. The van der Waals surface area contributed by atoms with Crippen LogP contribution in [0.2, 0.25) is 0 Å². The Morgan fingerprint density at radius 1 is 1.28 bits per heavy atom. The van der Waals surface area contributed by atoms with Crippen molar-refractivity contribution in [1.82, 2.24) is 15.1 Å². The summed E-state index contributed by atoms with van der Waals surface area (Å²) < 4.78 is 0. The van der Waals surface area contributed by atoms with E-state index in [1.807, 2.05) is 7.05 Å². The van der Waals surface area contributed by atoms with Crippen LogP contribution in [0.25, 0.3) is 0 Å². The quantitative estimate of drug-likeness (QED) is 0.752. The zero-order chi connectivity index (χ0) is 13.1. The predicted octanol–water partition coefficient (Wildman–Crippen LogP) is 0.197. The summed E-state index contributed by atoms with van der Waals surface area (Å²) in [7, 11) is 2.03. The van der Waals surface area contributed by atoms with Gasteiger partial charge in [-0.05, 0) is 25.8 Å². The van der Waals surface area contributed by atoms with Crippen LogP contribution < -0.4 is 5.32 Å². The van der Waals surface area contributed by atoms with Gasteiger partial charge < -0.3 is 20.2 Å². The summed E-state index contributed by atoms with van der Waals surface area (Å²) in [5.41, 5.74) is 0. The molecular weight excluding hydrogens is 234 g/mol. The lowest BCUT2D eigenvalue weighted by Gasteiger charge is -2.33. The summed E-state index contributed by atoms with van der Waals surface area (Å²) in [4.78, 5) is 26.8. The standard InChI is InChI=1S/C12H21N3O3/c1-14-4-6-15(7-5-14)12(18)13-10(8-11(16)17)9-2-3-9/h9-10H,2-8H2,1H3,(H,13,18)(H,16,17). The van der Waals surface area contributed by atoms with Crippen molar-refractivity contribution in [1.29, 1.82) is 0 Å². The lowest BCUT2D eigenvalue weighted by atomic mass is 10.1. The minimum atomic E-state index is -0.842. The van der Waals surface area contributed by atoms with Crippen LogP contribution in [-0.4, -0.2) is 66.2 Å². The van der Waals surface area contributed by atoms with E-state index < -0.39 is 5.97 Å². The molecule has 0 radical (unpaired) electrons. The van der Waals surface area contributed by atoms with Gasteiger partial charge in [-0.2, -0.15) is 0 Å². The van der Waals surface area contributed by atoms with Gasteiger partial charge in [-0.1, -0.05) is 0 Å². The van der Waals surface area contributed by atoms with Crippen molar-refractivity contribution in [2.75, 3.05) is 33.2 Å². The molecular formula is C12H21N3O3. The van der Waals surface area contributed by atoms with Crippen LogP contribution in [-0.2, 0) is 4.79 Å². The molecule has 1 heterocycles. The van der Waals surface area contributed by atoms with E-state index >= 15 is 0 Å². The van der Waals surface area contributed by atoms with Crippen LogP contribution in [0.1, 0.15) is 19.3 Å². The third-order valence-corrected chi connectivity index (χ3v) is 3.68. The summed E-state index contributed by atoms with van der Waals surface area (Å²) in [6.45, 7) is 3.18. The first-order valence-corrected chi connectivity index (χ1v) is 6.52. The first-order valence-electron chi connectivity index (χ1n) is 6.52. The summed E-state index contributed by atoms with van der Waals surface area (Å²) in [6, 6.07) is -0.309. The van der Waals surface area contributed by atoms with Crippen molar-refractivity contribution in [3.8, 4) is 0 Å². The topological polar surface area (TPSA) is 72.9 Å². The zero-order valence-electron chi connectivity index (χ0n) is 10.8. The molecule has 1 saturated carbocycles. The molecule has 2 rings (SSSR count). The third kappa shape index (κ3) is 3.60. The molecule has 18 heavy (non-hydrogen) atoms. The molecule has 2 amide bonds. The molecule has 6 heteroatoms. The molecule has 0 aromatic heterocycles. The Morgan fingerprint density at radius 2 is 1.89 bits per heavy atom. The van der Waals surface area contributed by atoms with Gasteiger partial charge >= 0.3 is 12.0 Å². The number of amides is 2. The average molecular weight is 255 g/mol. The van der Waals surface area contributed by atoms with E-state index in [0.29, 0.717) is 19.0 Å². The van der Waals surface area contributed by atoms with Crippen molar-refractivity contribution in [3.05, 3.63) is 0 Å². The van der Waals surface area contributed by atoms with E-state index in [2.05, 4.69) is 10.2 Å². The van der Waals surface area contributed by atoms with Gasteiger partial charge in [-0.25, -0.2) is 4.79 Å². The van der Waals surface area contributed by atoms with E-state index in [0.717, 1.165) is 25.9 Å². The number of rotatable bonds is 4. The van der Waals surface area contributed by atoms with E-state index in [1.165, 1.54) is 0 Å². The van der Waals surface area contributed by atoms with Gasteiger partial charge in [-0.15, -0.1) is 0 Å². The number of piperazine rings is 1. The minimum absolute atomic E-state index is 0.0319. The highest BCUT2D eigenvalue weighted by Crippen LogP contribution is 2.34. The van der Waals surface area contributed by atoms with E-state index in [4.69, 9.17) is 5.11 Å². The monoisotopic (exact) mass is 255 g/mol. The predicted molar refractivity (Wildman–Crippen MR) is 66.4 cm³/mol. The van der Waals surface area contributed by atoms with Crippen LogP contribution in [0.5, 0.6) is 0 Å². The second-order valence-corrected chi connectivity index (χ2v) is 5.28. The minimum Gasteiger partial charge on any atom is -0.481 e. The van der Waals surface area contributed by atoms with Crippen molar-refractivity contribution < 1.29 is 14.7 Å². The number of carboxylic acids is 1. The Kier molecular flexibility index (Phi) is 4.06. The largest absolute Gasteiger partial charge is 0.481 e. The first-order chi connectivity index (χ1) is 8.56. The van der Waals surface area contributed by atoms with Crippen LogP contribution in [0.4, 0.5) is 4.79 Å². The van der Waals surface area contributed by atoms with Gasteiger partial charge in [0.05, 0.1) is 6.42 Å². The molecule has 0 spiro atoms. The number of carbonyl (C=O) groups is 2. The number of carboxylic acid groups (broad SMARTS) is 1. The van der Waals surface area contributed by atoms with Crippen molar-refractivity contribution in [2.24, 2.45) is 5.92 Å². The molecule has 0 aromatic carbocycles. The van der Waals surface area contributed by atoms with Gasteiger partial charge in [0.2, 0.25) is 0 Å². The molecule has 1 atom stereocenters. The van der Waals surface area contributed by atoms with Gasteiger partial charge in [0.1, 0.15) is 0 Å². The smallest absolute Gasteiger partial charge is 0.317 e. The second kappa shape index (κ2) is 5.56. The third-order valence-electron chi connectivity index (χ3n) is 3.68. The average Bonchev–Trinajstić information content (AvgIpc) is 3.12. The number of nitrogens with zero attached hydrogens (tertiary/aromatic N) is 2. The number of urea groups is 1. The number of likely N-dealkylation sites (N-methyl/N-ethyl adjacent to an activating group) is 1. The lowest BCUT2D eigenvalue weighted by molar-refractivity contribution is -0.137. The Balaban J connectivity index is 1.82. The molecule has 2 aliphatic rings. The fourth-order valence-electron chi connectivity index (χ4n) is 2.28. The highest BCUT2D eigenvalue weighted by atomic mass is 16.4. The number of hydrogen-bond donors (Lipinski definition) is 2. The Hall–Kier alpha value is -1.30. The fourth-order valence-corrected chi connectivity index (χ4v) is 2.28. The van der Waals surface area contributed by atoms with Crippen LogP contribution in [0.3, 0.4) is 0 Å². The number of carbonyl (C=O) groups excluding carboxylic acids is 1. The molecule has 0 aromatic rings.